The van der Waals surface area contributed by atoms with Crippen molar-refractivity contribution in [2.45, 2.75) is 44.9 Å². The Morgan fingerprint density at radius 1 is 1.26 bits per heavy atom. The number of carbonyl (C=O) groups is 1. The highest BCUT2D eigenvalue weighted by Crippen LogP contribution is 2.32. The summed E-state index contributed by atoms with van der Waals surface area (Å²) in [6.45, 7) is 0.849. The smallest absolute Gasteiger partial charge is 0.227 e. The number of nitrogens with zero attached hydrogens (tertiary/aromatic N) is 1. The van der Waals surface area contributed by atoms with Crippen molar-refractivity contribution in [1.82, 2.24) is 0 Å². The molecular formula is C16H22N2O. The van der Waals surface area contributed by atoms with Gasteiger partial charge in [0.1, 0.15) is 0 Å². The second-order valence-electron chi connectivity index (χ2n) is 5.89. The molecule has 1 aromatic rings. The minimum Gasteiger partial charge on any atom is -0.399 e. The Labute approximate surface area is 114 Å². The maximum atomic E-state index is 12.5. The Kier molecular flexibility index (Phi) is 3.45. The van der Waals surface area contributed by atoms with Crippen LogP contribution in [0.5, 0.6) is 0 Å². The van der Waals surface area contributed by atoms with E-state index in [1.54, 1.807) is 0 Å². The molecule has 0 aromatic heterocycles. The van der Waals surface area contributed by atoms with Crippen molar-refractivity contribution >= 4 is 17.3 Å². The Morgan fingerprint density at radius 3 is 2.84 bits per heavy atom. The number of fused-ring (bicyclic) bond motifs is 1. The second kappa shape index (κ2) is 5.24. The predicted molar refractivity (Wildman–Crippen MR) is 78.1 cm³/mol. The minimum atomic E-state index is 0.290. The highest BCUT2D eigenvalue weighted by Gasteiger charge is 2.26. The molecule has 19 heavy (non-hydrogen) atoms. The van der Waals surface area contributed by atoms with Crippen molar-refractivity contribution < 1.29 is 4.79 Å². The lowest BCUT2D eigenvalue weighted by atomic mass is 9.98. The number of aryl methyl sites for hydroxylation is 1. The summed E-state index contributed by atoms with van der Waals surface area (Å²) in [5.41, 5.74) is 8.93. The number of benzene rings is 1. The molecule has 3 rings (SSSR count). The van der Waals surface area contributed by atoms with Crippen molar-refractivity contribution in [1.29, 1.82) is 0 Å². The Balaban J connectivity index is 1.78. The highest BCUT2D eigenvalue weighted by molar-refractivity contribution is 5.95. The number of amides is 1. The molecule has 1 heterocycles. The van der Waals surface area contributed by atoms with Gasteiger partial charge in [-0.05, 0) is 49.3 Å². The molecule has 3 heteroatoms. The van der Waals surface area contributed by atoms with Crippen LogP contribution < -0.4 is 10.6 Å². The van der Waals surface area contributed by atoms with E-state index >= 15 is 0 Å². The minimum absolute atomic E-state index is 0.290. The van der Waals surface area contributed by atoms with Gasteiger partial charge < -0.3 is 10.6 Å². The SMILES string of the molecule is Nc1ccc2c(c1)N(C(=O)CC1CCCC1)CCC2. The third-order valence-corrected chi connectivity index (χ3v) is 4.47. The van der Waals surface area contributed by atoms with Gasteiger partial charge in [-0.1, -0.05) is 18.9 Å². The maximum Gasteiger partial charge on any atom is 0.227 e. The maximum absolute atomic E-state index is 12.5. The van der Waals surface area contributed by atoms with E-state index in [2.05, 4.69) is 6.07 Å². The average Bonchev–Trinajstić information content (AvgIpc) is 2.90. The molecular weight excluding hydrogens is 236 g/mol. The van der Waals surface area contributed by atoms with E-state index in [0.29, 0.717) is 18.2 Å². The first-order chi connectivity index (χ1) is 9.24. The summed E-state index contributed by atoms with van der Waals surface area (Å²) < 4.78 is 0. The van der Waals surface area contributed by atoms with E-state index < -0.39 is 0 Å². The fraction of sp³-hybridized carbons (Fsp3) is 0.562. The van der Waals surface area contributed by atoms with Crippen LogP contribution in [-0.4, -0.2) is 12.5 Å². The summed E-state index contributed by atoms with van der Waals surface area (Å²) in [6, 6.07) is 5.96. The molecule has 2 N–H and O–H groups in total. The van der Waals surface area contributed by atoms with Gasteiger partial charge in [-0.25, -0.2) is 0 Å². The van der Waals surface area contributed by atoms with Crippen LogP contribution in [0.3, 0.4) is 0 Å². The lowest BCUT2D eigenvalue weighted by Crippen LogP contribution is -2.36. The van der Waals surface area contributed by atoms with Crippen LogP contribution in [0.25, 0.3) is 0 Å². The van der Waals surface area contributed by atoms with Crippen molar-refractivity contribution in [2.75, 3.05) is 17.2 Å². The summed E-state index contributed by atoms with van der Waals surface area (Å²) in [5, 5.41) is 0. The number of anilines is 2. The zero-order valence-electron chi connectivity index (χ0n) is 11.4. The molecule has 1 aromatic carbocycles. The first-order valence-electron chi connectivity index (χ1n) is 7.43. The van der Waals surface area contributed by atoms with E-state index in [1.165, 1.54) is 31.2 Å². The van der Waals surface area contributed by atoms with Gasteiger partial charge in [-0.3, -0.25) is 4.79 Å². The van der Waals surface area contributed by atoms with E-state index in [4.69, 9.17) is 5.73 Å². The Hall–Kier alpha value is -1.51. The molecule has 0 unspecified atom stereocenters. The number of nitrogens with two attached hydrogens (primary N) is 1. The van der Waals surface area contributed by atoms with Crippen LogP contribution in [0.4, 0.5) is 11.4 Å². The van der Waals surface area contributed by atoms with E-state index in [-0.39, 0.29) is 0 Å². The summed E-state index contributed by atoms with van der Waals surface area (Å²) in [4.78, 5) is 14.5. The number of hydrogen-bond acceptors (Lipinski definition) is 2. The van der Waals surface area contributed by atoms with Crippen LogP contribution in [-0.2, 0) is 11.2 Å². The van der Waals surface area contributed by atoms with Gasteiger partial charge >= 0.3 is 0 Å². The largest absolute Gasteiger partial charge is 0.399 e. The quantitative estimate of drug-likeness (QED) is 0.828. The Morgan fingerprint density at radius 2 is 2.05 bits per heavy atom. The predicted octanol–water partition coefficient (Wildman–Crippen LogP) is 3.13. The molecule has 0 saturated heterocycles. The van der Waals surface area contributed by atoms with Crippen LogP contribution in [0.2, 0.25) is 0 Å². The van der Waals surface area contributed by atoms with E-state index in [1.807, 2.05) is 17.0 Å². The van der Waals surface area contributed by atoms with E-state index in [9.17, 15) is 4.79 Å². The first-order valence-corrected chi connectivity index (χ1v) is 7.43. The lowest BCUT2D eigenvalue weighted by Gasteiger charge is -2.30. The molecule has 0 atom stereocenters. The average molecular weight is 258 g/mol. The number of carbonyl (C=O) groups excluding carboxylic acids is 1. The van der Waals surface area contributed by atoms with Crippen LogP contribution in [0.15, 0.2) is 18.2 Å². The van der Waals surface area contributed by atoms with Crippen molar-refractivity contribution in [2.24, 2.45) is 5.92 Å². The van der Waals surface area contributed by atoms with Crippen molar-refractivity contribution in [3.05, 3.63) is 23.8 Å². The monoisotopic (exact) mass is 258 g/mol. The molecule has 1 aliphatic carbocycles. The topological polar surface area (TPSA) is 46.3 Å². The number of hydrogen-bond donors (Lipinski definition) is 1. The summed E-state index contributed by atoms with van der Waals surface area (Å²) in [5.74, 6) is 0.900. The molecule has 3 nitrogen and oxygen atoms in total. The van der Waals surface area contributed by atoms with Crippen molar-refractivity contribution in [3.8, 4) is 0 Å². The highest BCUT2D eigenvalue weighted by atomic mass is 16.2. The zero-order valence-corrected chi connectivity index (χ0v) is 11.4. The fourth-order valence-electron chi connectivity index (χ4n) is 3.42. The van der Waals surface area contributed by atoms with Crippen molar-refractivity contribution in [3.63, 3.8) is 0 Å². The van der Waals surface area contributed by atoms with Gasteiger partial charge in [0, 0.05) is 24.3 Å². The number of nitrogen functional groups attached to an aromatic ring is 1. The molecule has 1 saturated carbocycles. The van der Waals surface area contributed by atoms with E-state index in [0.717, 1.165) is 30.8 Å². The molecule has 0 radical (unpaired) electrons. The van der Waals surface area contributed by atoms with Gasteiger partial charge in [0.2, 0.25) is 5.91 Å². The summed E-state index contributed by atoms with van der Waals surface area (Å²) >= 11 is 0. The standard InChI is InChI=1S/C16H22N2O/c17-14-8-7-13-6-3-9-18(15(13)11-14)16(19)10-12-4-1-2-5-12/h7-8,11-12H,1-6,9-10,17H2. The van der Waals surface area contributed by atoms with Gasteiger partial charge in [0.05, 0.1) is 0 Å². The molecule has 1 fully saturated rings. The van der Waals surface area contributed by atoms with Crippen LogP contribution in [0, 0.1) is 5.92 Å². The molecule has 1 aliphatic heterocycles. The fourth-order valence-corrected chi connectivity index (χ4v) is 3.42. The molecule has 0 spiro atoms. The normalized spacial score (nSPS) is 19.5. The summed E-state index contributed by atoms with van der Waals surface area (Å²) in [7, 11) is 0. The molecule has 2 aliphatic rings. The number of rotatable bonds is 2. The third kappa shape index (κ3) is 2.60. The zero-order chi connectivity index (χ0) is 13.2. The Bertz CT molecular complexity index is 478. The van der Waals surface area contributed by atoms with Gasteiger partial charge in [0.25, 0.3) is 0 Å². The van der Waals surface area contributed by atoms with Crippen LogP contribution in [0.1, 0.15) is 44.1 Å². The summed E-state index contributed by atoms with van der Waals surface area (Å²) in [6.07, 6.45) is 7.88. The lowest BCUT2D eigenvalue weighted by molar-refractivity contribution is -0.119. The van der Waals surface area contributed by atoms with Crippen LogP contribution >= 0.6 is 0 Å². The third-order valence-electron chi connectivity index (χ3n) is 4.47. The molecule has 0 bridgehead atoms. The molecule has 1 amide bonds. The van der Waals surface area contributed by atoms with Gasteiger partial charge in [-0.15, -0.1) is 0 Å². The van der Waals surface area contributed by atoms with Gasteiger partial charge in [0.15, 0.2) is 0 Å². The molecule has 102 valence electrons. The first kappa shape index (κ1) is 12.5. The second-order valence-corrected chi connectivity index (χ2v) is 5.89. The van der Waals surface area contributed by atoms with Gasteiger partial charge in [-0.2, -0.15) is 0 Å².